The highest BCUT2D eigenvalue weighted by Gasteiger charge is 2.34. The topological polar surface area (TPSA) is 65.2 Å². The number of rotatable bonds is 3. The van der Waals surface area contributed by atoms with Crippen molar-refractivity contribution in [1.82, 2.24) is 0 Å². The smallest absolute Gasteiger partial charge is 0.0501 e. The van der Waals surface area contributed by atoms with Crippen LogP contribution in [0.25, 0.3) is 0 Å². The van der Waals surface area contributed by atoms with Crippen LogP contribution in [-0.2, 0) is 0 Å². The van der Waals surface area contributed by atoms with E-state index in [1.165, 1.54) is 12.4 Å². The normalized spacial score (nSPS) is 14.7. The Morgan fingerprint density at radius 3 is 1.25 bits per heavy atom. The van der Waals surface area contributed by atoms with E-state index in [4.69, 9.17) is 10.4 Å². The zero-order valence-electron chi connectivity index (χ0n) is 7.94. The molecule has 0 aliphatic rings. The van der Waals surface area contributed by atoms with Gasteiger partial charge < -0.3 is 10.4 Å². The highest BCUT2D eigenvalue weighted by molar-refractivity contribution is 5.76. The van der Waals surface area contributed by atoms with Crippen molar-refractivity contribution >= 4 is 12.4 Å². The number of hydrogen-bond acceptors (Lipinski definition) is 4. The number of oxime groups is 2. The quantitative estimate of drug-likeness (QED) is 0.388. The molecule has 0 fully saturated rings. The summed E-state index contributed by atoms with van der Waals surface area (Å²) < 4.78 is 0. The Bertz CT molecular complexity index is 173. The molecule has 0 amide bonds. The minimum absolute atomic E-state index is 0.353. The predicted molar refractivity (Wildman–Crippen MR) is 48.1 cm³/mol. The number of hydrogen-bond donors (Lipinski definition) is 2. The van der Waals surface area contributed by atoms with Gasteiger partial charge in [0.15, 0.2) is 0 Å². The molecule has 0 saturated heterocycles. The molecule has 0 atom stereocenters. The Morgan fingerprint density at radius 2 is 1.08 bits per heavy atom. The molecule has 0 aliphatic heterocycles. The molecule has 0 rings (SSSR count). The van der Waals surface area contributed by atoms with Crippen LogP contribution in [0, 0.1) is 10.8 Å². The molecule has 70 valence electrons. The fourth-order valence-corrected chi connectivity index (χ4v) is 0.621. The van der Waals surface area contributed by atoms with E-state index in [0.29, 0.717) is 0 Å². The highest BCUT2D eigenvalue weighted by atomic mass is 16.4. The first-order valence-corrected chi connectivity index (χ1v) is 3.74. The van der Waals surface area contributed by atoms with Crippen LogP contribution >= 0.6 is 0 Å². The van der Waals surface area contributed by atoms with Crippen molar-refractivity contribution in [1.29, 1.82) is 0 Å². The van der Waals surface area contributed by atoms with Crippen LogP contribution in [0.1, 0.15) is 27.7 Å². The summed E-state index contributed by atoms with van der Waals surface area (Å²) >= 11 is 0. The minimum Gasteiger partial charge on any atom is -0.411 e. The molecular formula is C8H16N2O2. The molecule has 0 aromatic heterocycles. The third kappa shape index (κ3) is 2.22. The molecular weight excluding hydrogens is 156 g/mol. The van der Waals surface area contributed by atoms with Gasteiger partial charge in [0.1, 0.15) is 0 Å². The zero-order valence-corrected chi connectivity index (χ0v) is 7.94. The van der Waals surface area contributed by atoms with Crippen LogP contribution in [0.3, 0.4) is 0 Å². The summed E-state index contributed by atoms with van der Waals surface area (Å²) in [6.45, 7) is 7.59. The highest BCUT2D eigenvalue weighted by Crippen LogP contribution is 2.34. The van der Waals surface area contributed by atoms with Crippen LogP contribution < -0.4 is 0 Å². The lowest BCUT2D eigenvalue weighted by Gasteiger charge is -2.34. The van der Waals surface area contributed by atoms with Crippen LogP contribution in [-0.4, -0.2) is 22.8 Å². The Balaban J connectivity index is 4.73. The maximum atomic E-state index is 8.40. The van der Waals surface area contributed by atoms with Gasteiger partial charge in [0.05, 0.1) is 12.4 Å². The van der Waals surface area contributed by atoms with Gasteiger partial charge in [-0.1, -0.05) is 27.7 Å². The van der Waals surface area contributed by atoms with Gasteiger partial charge in [-0.2, -0.15) is 0 Å². The molecule has 0 aromatic carbocycles. The molecule has 0 bridgehead atoms. The van der Waals surface area contributed by atoms with E-state index in [0.717, 1.165) is 0 Å². The first-order chi connectivity index (χ1) is 5.37. The average Bonchev–Trinajstić information content (AvgIpc) is 1.86. The van der Waals surface area contributed by atoms with Crippen molar-refractivity contribution in [2.24, 2.45) is 21.1 Å². The fraction of sp³-hybridized carbons (Fsp3) is 0.750. The first-order valence-electron chi connectivity index (χ1n) is 3.74. The first kappa shape index (κ1) is 10.9. The average molecular weight is 172 g/mol. The Hall–Kier alpha value is -1.06. The maximum absolute atomic E-state index is 8.40. The van der Waals surface area contributed by atoms with Crippen molar-refractivity contribution in [2.45, 2.75) is 27.7 Å². The van der Waals surface area contributed by atoms with Crippen molar-refractivity contribution < 1.29 is 10.4 Å². The molecule has 0 aromatic rings. The van der Waals surface area contributed by atoms with Gasteiger partial charge in [0.25, 0.3) is 0 Å². The summed E-state index contributed by atoms with van der Waals surface area (Å²) in [5.74, 6) is 0. The van der Waals surface area contributed by atoms with Gasteiger partial charge in [-0.05, 0) is 0 Å². The molecule has 0 aliphatic carbocycles. The third-order valence-corrected chi connectivity index (χ3v) is 2.42. The van der Waals surface area contributed by atoms with E-state index < -0.39 is 0 Å². The maximum Gasteiger partial charge on any atom is 0.0501 e. The van der Waals surface area contributed by atoms with Crippen LogP contribution in [0.2, 0.25) is 0 Å². The second-order valence-electron chi connectivity index (χ2n) is 3.93. The molecule has 4 heteroatoms. The van der Waals surface area contributed by atoms with Crippen molar-refractivity contribution in [2.75, 3.05) is 0 Å². The summed E-state index contributed by atoms with van der Waals surface area (Å²) in [7, 11) is 0. The monoisotopic (exact) mass is 172 g/mol. The molecule has 0 spiro atoms. The van der Waals surface area contributed by atoms with E-state index in [2.05, 4.69) is 10.3 Å². The lowest BCUT2D eigenvalue weighted by atomic mass is 9.69. The van der Waals surface area contributed by atoms with Gasteiger partial charge in [0.2, 0.25) is 0 Å². The minimum atomic E-state index is -0.353. The zero-order chi connectivity index (χ0) is 9.83. The van der Waals surface area contributed by atoms with Crippen LogP contribution in [0.5, 0.6) is 0 Å². The molecule has 0 saturated carbocycles. The van der Waals surface area contributed by atoms with E-state index in [1.54, 1.807) is 0 Å². The fourth-order valence-electron chi connectivity index (χ4n) is 0.621. The standard InChI is InChI=1S/C8H16N2O2/c1-7(2,5-9-11)8(3,4)6-10-12/h5-6,11-12H,1-4H3/b9-5+,10-6+. The van der Waals surface area contributed by atoms with E-state index >= 15 is 0 Å². The summed E-state index contributed by atoms with van der Waals surface area (Å²) in [5, 5.41) is 22.8. The Labute approximate surface area is 72.6 Å². The summed E-state index contributed by atoms with van der Waals surface area (Å²) in [6.07, 6.45) is 2.85. The second-order valence-corrected chi connectivity index (χ2v) is 3.93. The number of nitrogens with zero attached hydrogens (tertiary/aromatic N) is 2. The van der Waals surface area contributed by atoms with E-state index in [1.807, 2.05) is 27.7 Å². The molecule has 0 unspecified atom stereocenters. The van der Waals surface area contributed by atoms with Gasteiger partial charge in [-0.15, -0.1) is 10.3 Å². The summed E-state index contributed by atoms with van der Waals surface area (Å²) in [6, 6.07) is 0. The lowest BCUT2D eigenvalue weighted by molar-refractivity contribution is 0.258. The van der Waals surface area contributed by atoms with Gasteiger partial charge >= 0.3 is 0 Å². The van der Waals surface area contributed by atoms with Crippen LogP contribution in [0.4, 0.5) is 0 Å². The molecule has 4 nitrogen and oxygen atoms in total. The Morgan fingerprint density at radius 1 is 0.833 bits per heavy atom. The second kappa shape index (κ2) is 3.56. The van der Waals surface area contributed by atoms with E-state index in [9.17, 15) is 0 Å². The molecule has 0 radical (unpaired) electrons. The Kier molecular flexibility index (Phi) is 3.24. The summed E-state index contributed by atoms with van der Waals surface area (Å²) in [4.78, 5) is 0. The molecule has 0 heterocycles. The predicted octanol–water partition coefficient (Wildman–Crippen LogP) is 1.96. The summed E-state index contributed by atoms with van der Waals surface area (Å²) in [5.41, 5.74) is -0.706. The molecule has 12 heavy (non-hydrogen) atoms. The van der Waals surface area contributed by atoms with Crippen molar-refractivity contribution in [3.63, 3.8) is 0 Å². The van der Waals surface area contributed by atoms with Gasteiger partial charge in [-0.25, -0.2) is 0 Å². The largest absolute Gasteiger partial charge is 0.411 e. The van der Waals surface area contributed by atoms with Gasteiger partial charge in [-0.3, -0.25) is 0 Å². The lowest BCUT2D eigenvalue weighted by Crippen LogP contribution is -2.35. The SMILES string of the molecule is CC(C)(/C=N/O)C(C)(C)/C=N/O. The van der Waals surface area contributed by atoms with Crippen molar-refractivity contribution in [3.8, 4) is 0 Å². The van der Waals surface area contributed by atoms with E-state index in [-0.39, 0.29) is 10.8 Å². The van der Waals surface area contributed by atoms with Gasteiger partial charge in [0, 0.05) is 10.8 Å². The van der Waals surface area contributed by atoms with Crippen LogP contribution in [0.15, 0.2) is 10.3 Å². The van der Waals surface area contributed by atoms with Crippen molar-refractivity contribution in [3.05, 3.63) is 0 Å². The third-order valence-electron chi connectivity index (χ3n) is 2.42. The molecule has 2 N–H and O–H groups in total.